The molecule has 0 bridgehead atoms. The maximum atomic E-state index is 13.3. The summed E-state index contributed by atoms with van der Waals surface area (Å²) in [6.45, 7) is 0. The molecule has 1 aliphatic heterocycles. The topological polar surface area (TPSA) is 90.3 Å². The first-order valence-corrected chi connectivity index (χ1v) is 11.2. The summed E-state index contributed by atoms with van der Waals surface area (Å²) in [5.74, 6) is -0.186. The molecule has 1 saturated heterocycles. The van der Waals surface area contributed by atoms with Crippen LogP contribution >= 0.6 is 0 Å². The third-order valence-electron chi connectivity index (χ3n) is 4.96. The summed E-state index contributed by atoms with van der Waals surface area (Å²) >= 11 is 0. The molecular formula is C21H20FN3O4S. The van der Waals surface area contributed by atoms with Gasteiger partial charge in [0.2, 0.25) is 0 Å². The zero-order chi connectivity index (χ0) is 21.3. The number of hydrogen-bond acceptors (Lipinski definition) is 5. The van der Waals surface area contributed by atoms with Gasteiger partial charge in [0.25, 0.3) is 5.91 Å². The van der Waals surface area contributed by atoms with Gasteiger partial charge in [0, 0.05) is 17.8 Å². The summed E-state index contributed by atoms with van der Waals surface area (Å²) in [6.07, 6.45) is 1.94. The molecule has 30 heavy (non-hydrogen) atoms. The van der Waals surface area contributed by atoms with Gasteiger partial charge in [-0.25, -0.2) is 17.5 Å². The van der Waals surface area contributed by atoms with E-state index in [-0.39, 0.29) is 22.9 Å². The molecule has 1 N–H and O–H groups in total. The van der Waals surface area contributed by atoms with Crippen LogP contribution in [0.1, 0.15) is 16.8 Å². The molecule has 0 spiro atoms. The standard InChI is InChI=1S/C21H20FN3O4S/c1-29-18-4-2-3-14(11-18)20-19(21(26)23-16-9-10-30(27,28)13-16)12-25(24-20)17-7-5-15(22)6-8-17/h2-8,11-12,16H,9-10,13H2,1H3,(H,23,26)/t16-/m0/s1. The quantitative estimate of drug-likeness (QED) is 0.673. The van der Waals surface area contributed by atoms with Crippen molar-refractivity contribution in [1.82, 2.24) is 15.1 Å². The summed E-state index contributed by atoms with van der Waals surface area (Å²) in [5, 5.41) is 7.34. The van der Waals surface area contributed by atoms with Gasteiger partial charge < -0.3 is 10.1 Å². The van der Waals surface area contributed by atoms with Crippen molar-refractivity contribution in [3.63, 3.8) is 0 Å². The van der Waals surface area contributed by atoms with E-state index in [4.69, 9.17) is 4.74 Å². The number of nitrogens with one attached hydrogen (secondary N) is 1. The monoisotopic (exact) mass is 429 g/mol. The number of rotatable bonds is 5. The second-order valence-electron chi connectivity index (χ2n) is 7.12. The van der Waals surface area contributed by atoms with Gasteiger partial charge in [-0.1, -0.05) is 12.1 Å². The van der Waals surface area contributed by atoms with E-state index < -0.39 is 21.8 Å². The van der Waals surface area contributed by atoms with Gasteiger partial charge in [-0.3, -0.25) is 4.79 Å². The van der Waals surface area contributed by atoms with Gasteiger partial charge in [0.15, 0.2) is 9.84 Å². The van der Waals surface area contributed by atoms with Crippen molar-refractivity contribution in [2.24, 2.45) is 0 Å². The summed E-state index contributed by atoms with van der Waals surface area (Å²) in [5.41, 5.74) is 1.95. The number of sulfone groups is 1. The van der Waals surface area contributed by atoms with Crippen LogP contribution in [0.25, 0.3) is 16.9 Å². The Morgan fingerprint density at radius 3 is 2.67 bits per heavy atom. The molecule has 4 rings (SSSR count). The molecule has 1 aliphatic rings. The van der Waals surface area contributed by atoms with Crippen molar-refractivity contribution in [3.05, 3.63) is 66.1 Å². The Morgan fingerprint density at radius 2 is 2.00 bits per heavy atom. The summed E-state index contributed by atoms with van der Waals surface area (Å²) < 4.78 is 43.5. The normalized spacial score (nSPS) is 17.6. The smallest absolute Gasteiger partial charge is 0.255 e. The number of benzene rings is 2. The zero-order valence-corrected chi connectivity index (χ0v) is 17.0. The van der Waals surface area contributed by atoms with Crippen molar-refractivity contribution in [1.29, 1.82) is 0 Å². The fourth-order valence-corrected chi connectivity index (χ4v) is 5.10. The second kappa shape index (κ2) is 7.91. The highest BCUT2D eigenvalue weighted by molar-refractivity contribution is 7.91. The molecular weight excluding hydrogens is 409 g/mol. The Bertz CT molecular complexity index is 1190. The molecule has 1 aromatic heterocycles. The van der Waals surface area contributed by atoms with E-state index >= 15 is 0 Å². The molecule has 9 heteroatoms. The van der Waals surface area contributed by atoms with E-state index in [0.717, 1.165) is 0 Å². The Hall–Kier alpha value is -3.20. The van der Waals surface area contributed by atoms with Gasteiger partial charge in [0.05, 0.1) is 29.9 Å². The fourth-order valence-electron chi connectivity index (χ4n) is 3.42. The summed E-state index contributed by atoms with van der Waals surface area (Å²) in [7, 11) is -1.58. The number of ether oxygens (including phenoxy) is 1. The van der Waals surface area contributed by atoms with Crippen LogP contribution in [-0.2, 0) is 9.84 Å². The third kappa shape index (κ3) is 4.20. The van der Waals surface area contributed by atoms with Crippen molar-refractivity contribution in [2.45, 2.75) is 12.5 Å². The Kier molecular flexibility index (Phi) is 5.29. The highest BCUT2D eigenvalue weighted by Crippen LogP contribution is 2.27. The number of carbonyl (C=O) groups is 1. The van der Waals surface area contributed by atoms with E-state index in [1.807, 2.05) is 0 Å². The van der Waals surface area contributed by atoms with Crippen LogP contribution in [0.4, 0.5) is 4.39 Å². The molecule has 1 atom stereocenters. The Balaban J connectivity index is 1.73. The lowest BCUT2D eigenvalue weighted by atomic mass is 10.1. The van der Waals surface area contributed by atoms with Gasteiger partial charge in [0.1, 0.15) is 17.3 Å². The van der Waals surface area contributed by atoms with Crippen LogP contribution < -0.4 is 10.1 Å². The molecule has 0 unspecified atom stereocenters. The third-order valence-corrected chi connectivity index (χ3v) is 6.73. The molecule has 2 aromatic carbocycles. The Labute approximate surface area is 173 Å². The maximum absolute atomic E-state index is 13.3. The highest BCUT2D eigenvalue weighted by atomic mass is 32.2. The fraction of sp³-hybridized carbons (Fsp3) is 0.238. The lowest BCUT2D eigenvalue weighted by Gasteiger charge is -2.11. The molecule has 156 valence electrons. The summed E-state index contributed by atoms with van der Waals surface area (Å²) in [6, 6.07) is 12.4. The average Bonchev–Trinajstić information content (AvgIpc) is 3.32. The van der Waals surface area contributed by atoms with Crippen LogP contribution in [0.2, 0.25) is 0 Å². The Morgan fingerprint density at radius 1 is 1.23 bits per heavy atom. The van der Waals surface area contributed by atoms with Crippen LogP contribution in [0.5, 0.6) is 5.75 Å². The van der Waals surface area contributed by atoms with Crippen molar-refractivity contribution in [2.75, 3.05) is 18.6 Å². The van der Waals surface area contributed by atoms with Gasteiger partial charge in [-0.2, -0.15) is 5.10 Å². The SMILES string of the molecule is COc1cccc(-c2nn(-c3ccc(F)cc3)cc2C(=O)N[C@H]2CCS(=O)(=O)C2)c1. The van der Waals surface area contributed by atoms with Crippen LogP contribution in [0.3, 0.4) is 0 Å². The largest absolute Gasteiger partial charge is 0.497 e. The molecule has 7 nitrogen and oxygen atoms in total. The number of aromatic nitrogens is 2. The van der Waals surface area contributed by atoms with Gasteiger partial charge >= 0.3 is 0 Å². The predicted octanol–water partition coefficient (Wildman–Crippen LogP) is 2.60. The van der Waals surface area contributed by atoms with Crippen molar-refractivity contribution >= 4 is 15.7 Å². The number of hydrogen-bond donors (Lipinski definition) is 1. The molecule has 1 fully saturated rings. The van der Waals surface area contributed by atoms with E-state index in [0.29, 0.717) is 29.1 Å². The number of methoxy groups -OCH3 is 1. The van der Waals surface area contributed by atoms with Crippen molar-refractivity contribution < 1.29 is 22.3 Å². The van der Waals surface area contributed by atoms with E-state index in [2.05, 4.69) is 10.4 Å². The van der Waals surface area contributed by atoms with Crippen molar-refractivity contribution in [3.8, 4) is 22.7 Å². The summed E-state index contributed by atoms with van der Waals surface area (Å²) in [4.78, 5) is 13.0. The average molecular weight is 429 g/mol. The van der Waals surface area contributed by atoms with E-state index in [1.54, 1.807) is 49.7 Å². The van der Waals surface area contributed by atoms with Gasteiger partial charge in [-0.05, 0) is 42.8 Å². The lowest BCUT2D eigenvalue weighted by Crippen LogP contribution is -2.35. The number of halogens is 1. The first-order valence-electron chi connectivity index (χ1n) is 9.36. The maximum Gasteiger partial charge on any atom is 0.255 e. The minimum Gasteiger partial charge on any atom is -0.497 e. The molecule has 0 aliphatic carbocycles. The van der Waals surface area contributed by atoms with Crippen LogP contribution in [-0.4, -0.2) is 48.8 Å². The molecule has 1 amide bonds. The van der Waals surface area contributed by atoms with Crippen LogP contribution in [0, 0.1) is 5.82 Å². The number of amides is 1. The molecule has 3 aromatic rings. The van der Waals surface area contributed by atoms with E-state index in [9.17, 15) is 17.6 Å². The second-order valence-corrected chi connectivity index (χ2v) is 9.35. The molecule has 2 heterocycles. The first-order chi connectivity index (χ1) is 14.3. The van der Waals surface area contributed by atoms with Gasteiger partial charge in [-0.15, -0.1) is 0 Å². The minimum atomic E-state index is -3.12. The minimum absolute atomic E-state index is 0.0650. The van der Waals surface area contributed by atoms with Crippen LogP contribution in [0.15, 0.2) is 54.7 Å². The predicted molar refractivity (Wildman–Crippen MR) is 110 cm³/mol. The number of nitrogens with zero attached hydrogens (tertiary/aromatic N) is 2. The van der Waals surface area contributed by atoms with E-state index in [1.165, 1.54) is 16.8 Å². The first kappa shape index (κ1) is 20.1. The highest BCUT2D eigenvalue weighted by Gasteiger charge is 2.30. The molecule has 0 saturated carbocycles. The zero-order valence-electron chi connectivity index (χ0n) is 16.2. The molecule has 0 radical (unpaired) electrons. The lowest BCUT2D eigenvalue weighted by molar-refractivity contribution is 0.0941. The number of carbonyl (C=O) groups excluding carboxylic acids is 1.